The molecular formula is C35H50BrFO5. The van der Waals surface area contributed by atoms with E-state index in [0.29, 0.717) is 24.3 Å². The van der Waals surface area contributed by atoms with E-state index in [2.05, 4.69) is 22.9 Å². The van der Waals surface area contributed by atoms with Crippen molar-refractivity contribution in [2.75, 3.05) is 18.5 Å². The van der Waals surface area contributed by atoms with Gasteiger partial charge in [0.05, 0.1) is 17.7 Å². The zero-order chi connectivity index (χ0) is 30.3. The summed E-state index contributed by atoms with van der Waals surface area (Å²) in [4.78, 5) is 24.8. The first kappa shape index (κ1) is 35.8. The summed E-state index contributed by atoms with van der Waals surface area (Å²) in [6.07, 6.45) is 17.2. The second kappa shape index (κ2) is 23.1. The third kappa shape index (κ3) is 16.3. The average Bonchev–Trinajstić information content (AvgIpc) is 3.01. The van der Waals surface area contributed by atoms with Crippen LogP contribution >= 0.6 is 15.9 Å². The Kier molecular flexibility index (Phi) is 19.7. The van der Waals surface area contributed by atoms with Gasteiger partial charge in [-0.15, -0.1) is 0 Å². The fourth-order valence-electron chi connectivity index (χ4n) is 4.62. The van der Waals surface area contributed by atoms with E-state index in [-0.39, 0.29) is 12.2 Å². The average molecular weight is 650 g/mol. The number of benzene rings is 2. The molecule has 0 saturated carbocycles. The molecule has 0 spiro atoms. The molecule has 0 bridgehead atoms. The maximum atomic E-state index is 14.0. The van der Waals surface area contributed by atoms with Crippen molar-refractivity contribution < 1.29 is 28.2 Å². The third-order valence-electron chi connectivity index (χ3n) is 7.20. The first-order valence-corrected chi connectivity index (χ1v) is 17.1. The maximum absolute atomic E-state index is 14.0. The summed E-state index contributed by atoms with van der Waals surface area (Å²) in [5.41, 5.74) is 0.685. The molecule has 234 valence electrons. The fourth-order valence-corrected chi connectivity index (χ4v) is 5.01. The van der Waals surface area contributed by atoms with Gasteiger partial charge in [-0.25, -0.2) is 14.0 Å². The first-order valence-electron chi connectivity index (χ1n) is 16.0. The molecule has 0 aromatic heterocycles. The number of hydrogen-bond donors (Lipinski definition) is 0. The van der Waals surface area contributed by atoms with Gasteiger partial charge in [-0.1, -0.05) is 106 Å². The minimum atomic E-state index is -1.16. The molecule has 0 fully saturated rings. The highest BCUT2D eigenvalue weighted by Crippen LogP contribution is 2.18. The van der Waals surface area contributed by atoms with E-state index in [9.17, 15) is 14.0 Å². The summed E-state index contributed by atoms with van der Waals surface area (Å²) in [5, 5.41) is 1.12. The number of esters is 2. The van der Waals surface area contributed by atoms with Gasteiger partial charge in [0.25, 0.3) is 0 Å². The Morgan fingerprint density at radius 2 is 1.17 bits per heavy atom. The molecule has 42 heavy (non-hydrogen) atoms. The van der Waals surface area contributed by atoms with Crippen LogP contribution in [-0.2, 0) is 4.74 Å². The van der Waals surface area contributed by atoms with Crippen LogP contribution in [0.15, 0.2) is 48.5 Å². The van der Waals surface area contributed by atoms with E-state index < -0.39 is 18.1 Å². The summed E-state index contributed by atoms with van der Waals surface area (Å²) >= 11 is 3.48. The molecule has 0 N–H and O–H groups in total. The SMILES string of the molecule is CCCCCCCC(F)COC(=O)c1ccc(OC(=O)c2ccc(OCCCCCCCCCCCCBr)cc2)cc1. The van der Waals surface area contributed by atoms with Gasteiger partial charge in [0.15, 0.2) is 0 Å². The predicted molar refractivity (Wildman–Crippen MR) is 172 cm³/mol. The minimum absolute atomic E-state index is 0.249. The maximum Gasteiger partial charge on any atom is 0.343 e. The van der Waals surface area contributed by atoms with Crippen LogP contribution in [-0.4, -0.2) is 36.7 Å². The van der Waals surface area contributed by atoms with Crippen LogP contribution in [0.3, 0.4) is 0 Å². The second-order valence-electron chi connectivity index (χ2n) is 10.9. The number of hydrogen-bond acceptors (Lipinski definition) is 5. The van der Waals surface area contributed by atoms with Crippen molar-refractivity contribution in [2.24, 2.45) is 0 Å². The van der Waals surface area contributed by atoms with Gasteiger partial charge < -0.3 is 14.2 Å². The summed E-state index contributed by atoms with van der Waals surface area (Å²) < 4.78 is 30.4. The molecule has 0 aliphatic rings. The Bertz CT molecular complexity index is 980. The van der Waals surface area contributed by atoms with Crippen LogP contribution in [0.4, 0.5) is 4.39 Å². The second-order valence-corrected chi connectivity index (χ2v) is 11.7. The monoisotopic (exact) mass is 648 g/mol. The predicted octanol–water partition coefficient (Wildman–Crippen LogP) is 10.4. The minimum Gasteiger partial charge on any atom is -0.494 e. The van der Waals surface area contributed by atoms with Gasteiger partial charge in [0.1, 0.15) is 24.3 Å². The summed E-state index contributed by atoms with van der Waals surface area (Å²) in [6, 6.07) is 13.0. The van der Waals surface area contributed by atoms with Crippen molar-refractivity contribution in [3.8, 4) is 11.5 Å². The number of ether oxygens (including phenoxy) is 3. The van der Waals surface area contributed by atoms with Crippen molar-refractivity contribution >= 4 is 27.9 Å². The van der Waals surface area contributed by atoms with Gasteiger partial charge in [-0.05, 0) is 67.8 Å². The highest BCUT2D eigenvalue weighted by atomic mass is 79.9. The molecule has 1 unspecified atom stereocenters. The van der Waals surface area contributed by atoms with Gasteiger partial charge in [-0.2, -0.15) is 0 Å². The largest absolute Gasteiger partial charge is 0.494 e. The van der Waals surface area contributed by atoms with E-state index in [1.807, 2.05) is 0 Å². The van der Waals surface area contributed by atoms with E-state index in [1.165, 1.54) is 82.1 Å². The molecule has 2 aromatic rings. The lowest BCUT2D eigenvalue weighted by Gasteiger charge is -2.10. The lowest BCUT2D eigenvalue weighted by atomic mass is 10.1. The number of rotatable bonds is 24. The van der Waals surface area contributed by atoms with Gasteiger partial charge >= 0.3 is 11.9 Å². The molecule has 2 aromatic carbocycles. The molecule has 0 amide bonds. The van der Waals surface area contributed by atoms with Crippen LogP contribution < -0.4 is 9.47 Å². The van der Waals surface area contributed by atoms with Crippen molar-refractivity contribution in [3.05, 3.63) is 59.7 Å². The van der Waals surface area contributed by atoms with Crippen LogP contribution in [0.25, 0.3) is 0 Å². The lowest BCUT2D eigenvalue weighted by Crippen LogP contribution is -2.15. The third-order valence-corrected chi connectivity index (χ3v) is 7.76. The van der Waals surface area contributed by atoms with Crippen LogP contribution in [0, 0.1) is 0 Å². The van der Waals surface area contributed by atoms with Crippen LogP contribution in [0.1, 0.15) is 130 Å². The fraction of sp³-hybridized carbons (Fsp3) is 0.600. The van der Waals surface area contributed by atoms with Gasteiger partial charge in [-0.3, -0.25) is 0 Å². The molecule has 0 radical (unpaired) electrons. The molecule has 0 heterocycles. The molecule has 1 atom stereocenters. The summed E-state index contributed by atoms with van der Waals surface area (Å²) in [5.74, 6) is -0.0601. The number of carbonyl (C=O) groups excluding carboxylic acids is 2. The Labute approximate surface area is 261 Å². The van der Waals surface area contributed by atoms with Crippen molar-refractivity contribution in [1.82, 2.24) is 0 Å². The Morgan fingerprint density at radius 3 is 1.76 bits per heavy atom. The quantitative estimate of drug-likeness (QED) is 0.0490. The summed E-state index contributed by atoms with van der Waals surface area (Å²) in [7, 11) is 0. The standard InChI is InChI=1S/C35H50BrFO5/c1-2-3-4-11-14-17-31(37)28-41-34(38)29-20-24-33(25-21-29)42-35(39)30-18-22-32(23-19-30)40-27-16-13-10-8-6-5-7-9-12-15-26-36/h18-25,31H,2-17,26-28H2,1H3. The number of halogens is 2. The normalized spacial score (nSPS) is 11.7. The van der Waals surface area contributed by atoms with Crippen molar-refractivity contribution in [2.45, 2.75) is 116 Å². The van der Waals surface area contributed by atoms with E-state index >= 15 is 0 Å². The molecule has 2 rings (SSSR count). The van der Waals surface area contributed by atoms with Crippen LogP contribution in [0.2, 0.25) is 0 Å². The Hall–Kier alpha value is -2.41. The smallest absolute Gasteiger partial charge is 0.343 e. The van der Waals surface area contributed by atoms with Gasteiger partial charge in [0.2, 0.25) is 0 Å². The molecular weight excluding hydrogens is 599 g/mol. The van der Waals surface area contributed by atoms with Crippen molar-refractivity contribution in [1.29, 1.82) is 0 Å². The van der Waals surface area contributed by atoms with Gasteiger partial charge in [0, 0.05) is 5.33 Å². The molecule has 7 heteroatoms. The Morgan fingerprint density at radius 1 is 0.667 bits per heavy atom. The lowest BCUT2D eigenvalue weighted by molar-refractivity contribution is 0.0389. The molecule has 0 aliphatic carbocycles. The number of alkyl halides is 2. The summed E-state index contributed by atoms with van der Waals surface area (Å²) in [6.45, 7) is 2.56. The highest BCUT2D eigenvalue weighted by Gasteiger charge is 2.14. The topological polar surface area (TPSA) is 61.8 Å². The van der Waals surface area contributed by atoms with E-state index in [1.54, 1.807) is 24.3 Å². The molecule has 0 saturated heterocycles. The van der Waals surface area contributed by atoms with E-state index in [0.717, 1.165) is 49.6 Å². The zero-order valence-electron chi connectivity index (χ0n) is 25.4. The highest BCUT2D eigenvalue weighted by molar-refractivity contribution is 9.09. The number of carbonyl (C=O) groups is 2. The van der Waals surface area contributed by atoms with E-state index in [4.69, 9.17) is 14.2 Å². The number of unbranched alkanes of at least 4 members (excludes halogenated alkanes) is 13. The Balaban J connectivity index is 1.60. The van der Waals surface area contributed by atoms with Crippen molar-refractivity contribution in [3.63, 3.8) is 0 Å². The zero-order valence-corrected chi connectivity index (χ0v) is 27.0. The molecule has 5 nitrogen and oxygen atoms in total. The van der Waals surface area contributed by atoms with Crippen LogP contribution in [0.5, 0.6) is 11.5 Å². The molecule has 0 aliphatic heterocycles. The first-order chi connectivity index (χ1) is 20.5.